The van der Waals surface area contributed by atoms with Gasteiger partial charge in [-0.15, -0.1) is 5.10 Å². The molecule has 2 aromatic carbocycles. The van der Waals surface area contributed by atoms with Gasteiger partial charge in [0.1, 0.15) is 29.0 Å². The summed E-state index contributed by atoms with van der Waals surface area (Å²) in [6.07, 6.45) is 5.57. The summed E-state index contributed by atoms with van der Waals surface area (Å²) in [7, 11) is 3.31. The lowest BCUT2D eigenvalue weighted by Gasteiger charge is -2.37. The third kappa shape index (κ3) is 11.8. The number of anilines is 2. The summed E-state index contributed by atoms with van der Waals surface area (Å²) in [6, 6.07) is 18.1. The number of carbonyl (C=O) groups is 1. The lowest BCUT2D eigenvalue weighted by molar-refractivity contribution is 0.0189. The molecule has 6 rings (SSSR count). The first kappa shape index (κ1) is 45.9. The molecule has 62 heavy (non-hydrogen) atoms. The first-order chi connectivity index (χ1) is 29.6. The number of aliphatic hydroxyl groups excluding tert-OH is 1. The number of fused-ring (bicyclic) bond motifs is 1. The van der Waals surface area contributed by atoms with Crippen LogP contribution in [0.5, 0.6) is 17.5 Å². The van der Waals surface area contributed by atoms with Crippen LogP contribution in [-0.4, -0.2) is 92.8 Å². The SMILES string of the molecule is CCCC(C)Oc1nc(N(Cc2ccc(OC)cc2)Cc2ccc(OC)cc2)c2ncc(C(O)c3cnc(N4CCC(CN(CC(C)C)C(=O)OC(C)(C)C)CC4)c(C)c3)n2n1. The summed E-state index contributed by atoms with van der Waals surface area (Å²) >= 11 is 0. The smallest absolute Gasteiger partial charge is 0.410 e. The molecular weight excluding hydrogens is 785 g/mol. The van der Waals surface area contributed by atoms with Gasteiger partial charge in [0.25, 0.3) is 0 Å². The number of pyridine rings is 1. The van der Waals surface area contributed by atoms with Crippen LogP contribution in [0.1, 0.15) is 108 Å². The Labute approximate surface area is 367 Å². The molecule has 1 saturated heterocycles. The second kappa shape index (κ2) is 20.5. The fourth-order valence-corrected chi connectivity index (χ4v) is 7.94. The van der Waals surface area contributed by atoms with E-state index in [1.165, 1.54) is 0 Å². The van der Waals surface area contributed by atoms with Crippen molar-refractivity contribution in [1.82, 2.24) is 29.5 Å². The fourth-order valence-electron chi connectivity index (χ4n) is 7.94. The average molecular weight is 851 g/mol. The van der Waals surface area contributed by atoms with E-state index in [0.717, 1.165) is 72.8 Å². The van der Waals surface area contributed by atoms with Crippen molar-refractivity contribution in [3.05, 3.63) is 94.9 Å². The molecule has 0 saturated carbocycles. The summed E-state index contributed by atoms with van der Waals surface area (Å²) in [5.74, 6) is 3.71. The molecule has 1 fully saturated rings. The molecule has 0 radical (unpaired) electrons. The van der Waals surface area contributed by atoms with Crippen molar-refractivity contribution in [3.8, 4) is 17.5 Å². The third-order valence-corrected chi connectivity index (χ3v) is 11.0. The minimum absolute atomic E-state index is 0.132. The maximum Gasteiger partial charge on any atom is 0.410 e. The Morgan fingerprint density at radius 3 is 2.06 bits per heavy atom. The molecule has 0 aliphatic carbocycles. The second-order valence-electron chi connectivity index (χ2n) is 17.9. The van der Waals surface area contributed by atoms with Gasteiger partial charge in [-0.25, -0.2) is 19.3 Å². The molecule has 1 aliphatic rings. The van der Waals surface area contributed by atoms with Crippen LogP contribution in [0.25, 0.3) is 5.65 Å². The highest BCUT2D eigenvalue weighted by Gasteiger charge is 2.29. The number of imidazole rings is 1. The molecule has 14 heteroatoms. The van der Waals surface area contributed by atoms with Crippen LogP contribution in [0.2, 0.25) is 0 Å². The number of aryl methyl sites for hydroxylation is 1. The van der Waals surface area contributed by atoms with Gasteiger partial charge < -0.3 is 38.8 Å². The van der Waals surface area contributed by atoms with Crippen molar-refractivity contribution in [2.24, 2.45) is 11.8 Å². The van der Waals surface area contributed by atoms with Gasteiger partial charge in [0.15, 0.2) is 11.5 Å². The summed E-state index contributed by atoms with van der Waals surface area (Å²) in [4.78, 5) is 34.2. The first-order valence-corrected chi connectivity index (χ1v) is 21.9. The van der Waals surface area contributed by atoms with Crippen molar-refractivity contribution in [2.45, 2.75) is 112 Å². The number of hydrogen-bond donors (Lipinski definition) is 1. The van der Waals surface area contributed by atoms with Gasteiger partial charge in [-0.05, 0) is 113 Å². The van der Waals surface area contributed by atoms with Crippen molar-refractivity contribution in [1.29, 1.82) is 0 Å². The number of nitrogens with zero attached hydrogens (tertiary/aromatic N) is 8. The molecule has 1 N–H and O–H groups in total. The molecule has 14 nitrogen and oxygen atoms in total. The van der Waals surface area contributed by atoms with E-state index in [9.17, 15) is 9.90 Å². The summed E-state index contributed by atoms with van der Waals surface area (Å²) < 4.78 is 24.6. The van der Waals surface area contributed by atoms with Crippen LogP contribution >= 0.6 is 0 Å². The Kier molecular flexibility index (Phi) is 15.2. The molecule has 0 bridgehead atoms. The number of hydrogen-bond acceptors (Lipinski definition) is 12. The van der Waals surface area contributed by atoms with Crippen molar-refractivity contribution < 1.29 is 28.8 Å². The number of aliphatic hydroxyl groups is 1. The van der Waals surface area contributed by atoms with Crippen LogP contribution in [0.15, 0.2) is 67.0 Å². The van der Waals surface area contributed by atoms with E-state index in [0.29, 0.717) is 60.7 Å². The number of amides is 1. The molecule has 2 atom stereocenters. The number of methoxy groups -OCH3 is 2. The van der Waals surface area contributed by atoms with Gasteiger partial charge >= 0.3 is 12.1 Å². The van der Waals surface area contributed by atoms with E-state index < -0.39 is 11.7 Å². The molecule has 5 aromatic rings. The molecule has 1 amide bonds. The lowest BCUT2D eigenvalue weighted by atomic mass is 9.95. The van der Waals surface area contributed by atoms with Gasteiger partial charge in [-0.3, -0.25) is 0 Å². The van der Waals surface area contributed by atoms with E-state index in [4.69, 9.17) is 39.0 Å². The zero-order valence-corrected chi connectivity index (χ0v) is 38.3. The molecule has 334 valence electrons. The number of rotatable bonds is 18. The molecule has 3 aromatic heterocycles. The standard InChI is InChI=1S/C48H66N8O6/c1-11-12-34(5)61-46-51-45(54(29-35-13-17-39(59-9)18-14-35)30-36-15-19-40(60-10)20-16-36)44-50-27-41(56(44)52-46)42(57)38-25-33(4)43(49-26-38)53-23-21-37(22-24-53)31-55(28-32(2)3)47(58)62-48(6,7)8/h13-20,25-27,32,34,37,42,57H,11-12,21-24,28-31H2,1-10H3. The zero-order valence-electron chi connectivity index (χ0n) is 38.3. The molecular formula is C48H66N8O6. The highest BCUT2D eigenvalue weighted by Crippen LogP contribution is 2.32. The van der Waals surface area contributed by atoms with E-state index in [1.807, 2.05) is 94.1 Å². The zero-order chi connectivity index (χ0) is 44.6. The molecule has 2 unspecified atom stereocenters. The van der Waals surface area contributed by atoms with Crippen molar-refractivity contribution >= 4 is 23.4 Å². The highest BCUT2D eigenvalue weighted by molar-refractivity contribution is 5.68. The van der Waals surface area contributed by atoms with E-state index in [1.54, 1.807) is 31.1 Å². The third-order valence-electron chi connectivity index (χ3n) is 11.0. The number of benzene rings is 2. The number of carbonyl (C=O) groups excluding carboxylic acids is 1. The van der Waals surface area contributed by atoms with Crippen molar-refractivity contribution in [3.63, 3.8) is 0 Å². The topological polar surface area (TPSA) is 140 Å². The van der Waals surface area contributed by atoms with E-state index >= 15 is 0 Å². The van der Waals surface area contributed by atoms with Crippen LogP contribution in [0.3, 0.4) is 0 Å². The Morgan fingerprint density at radius 1 is 0.919 bits per heavy atom. The molecule has 0 spiro atoms. The summed E-state index contributed by atoms with van der Waals surface area (Å²) in [5, 5.41) is 16.9. The fraction of sp³-hybridized carbons (Fsp3) is 0.521. The summed E-state index contributed by atoms with van der Waals surface area (Å²) in [5.41, 5.74) is 4.09. The van der Waals surface area contributed by atoms with Gasteiger partial charge in [-0.2, -0.15) is 4.98 Å². The molecule has 1 aliphatic heterocycles. The summed E-state index contributed by atoms with van der Waals surface area (Å²) in [6.45, 7) is 20.1. The minimum Gasteiger partial charge on any atom is -0.497 e. The van der Waals surface area contributed by atoms with Crippen LogP contribution in [0.4, 0.5) is 16.4 Å². The highest BCUT2D eigenvalue weighted by atomic mass is 16.6. The van der Waals surface area contributed by atoms with Gasteiger partial charge in [0.2, 0.25) is 0 Å². The Hall–Kier alpha value is -5.63. The second-order valence-corrected chi connectivity index (χ2v) is 17.9. The van der Waals surface area contributed by atoms with E-state index in [-0.39, 0.29) is 18.2 Å². The monoisotopic (exact) mass is 851 g/mol. The normalized spacial score (nSPS) is 14.5. The van der Waals surface area contributed by atoms with Gasteiger partial charge in [0.05, 0.1) is 32.2 Å². The average Bonchev–Trinajstić information content (AvgIpc) is 3.66. The van der Waals surface area contributed by atoms with Crippen LogP contribution in [0, 0.1) is 18.8 Å². The number of ether oxygens (including phenoxy) is 4. The predicted octanol–water partition coefficient (Wildman–Crippen LogP) is 8.81. The van der Waals surface area contributed by atoms with Gasteiger partial charge in [-0.1, -0.05) is 51.5 Å². The number of aromatic nitrogens is 5. The van der Waals surface area contributed by atoms with E-state index in [2.05, 4.69) is 30.6 Å². The Morgan fingerprint density at radius 2 is 1.53 bits per heavy atom. The maximum absolute atomic E-state index is 13.1. The Balaban J connectivity index is 1.26. The predicted molar refractivity (Wildman–Crippen MR) is 242 cm³/mol. The minimum atomic E-state index is -1.09. The quantitative estimate of drug-likeness (QED) is 0.0901. The lowest BCUT2D eigenvalue weighted by Crippen LogP contribution is -2.44. The maximum atomic E-state index is 13.1. The van der Waals surface area contributed by atoms with Crippen LogP contribution < -0.4 is 24.0 Å². The Bertz CT molecular complexity index is 2160. The van der Waals surface area contributed by atoms with Crippen LogP contribution in [-0.2, 0) is 17.8 Å². The largest absolute Gasteiger partial charge is 0.497 e. The van der Waals surface area contributed by atoms with Gasteiger partial charge in [0, 0.05) is 51.0 Å². The number of piperidine rings is 1. The molecule has 4 heterocycles. The van der Waals surface area contributed by atoms with Crippen molar-refractivity contribution in [2.75, 3.05) is 50.2 Å². The first-order valence-electron chi connectivity index (χ1n) is 21.9.